The SMILES string of the molecule is Cc1ccc(F)c(NC(=S)Nc2ccc(Cl)c(Cl)c2)c1. The van der Waals surface area contributed by atoms with E-state index in [1.807, 2.05) is 6.92 Å². The van der Waals surface area contributed by atoms with Crippen molar-refractivity contribution in [3.63, 3.8) is 0 Å². The lowest BCUT2D eigenvalue weighted by Gasteiger charge is -2.12. The molecule has 2 rings (SSSR count). The summed E-state index contributed by atoms with van der Waals surface area (Å²) in [6.07, 6.45) is 0. The van der Waals surface area contributed by atoms with E-state index in [0.29, 0.717) is 21.4 Å². The molecule has 2 nitrogen and oxygen atoms in total. The smallest absolute Gasteiger partial charge is 0.175 e. The van der Waals surface area contributed by atoms with E-state index in [1.54, 1.807) is 30.3 Å². The maximum absolute atomic E-state index is 13.6. The van der Waals surface area contributed by atoms with Gasteiger partial charge in [-0.15, -0.1) is 0 Å². The van der Waals surface area contributed by atoms with Gasteiger partial charge in [0.15, 0.2) is 5.11 Å². The van der Waals surface area contributed by atoms with Crippen LogP contribution in [0.5, 0.6) is 0 Å². The molecule has 20 heavy (non-hydrogen) atoms. The summed E-state index contributed by atoms with van der Waals surface area (Å²) in [6.45, 7) is 1.88. The molecule has 0 spiro atoms. The first-order valence-electron chi connectivity index (χ1n) is 5.75. The van der Waals surface area contributed by atoms with Crippen LogP contribution in [0.25, 0.3) is 0 Å². The molecule has 2 N–H and O–H groups in total. The molecule has 2 aromatic rings. The lowest BCUT2D eigenvalue weighted by molar-refractivity contribution is 0.632. The van der Waals surface area contributed by atoms with Crippen LogP contribution in [0.15, 0.2) is 36.4 Å². The average Bonchev–Trinajstić information content (AvgIpc) is 2.38. The Kier molecular flexibility index (Phi) is 4.81. The van der Waals surface area contributed by atoms with Crippen LogP contribution in [0.3, 0.4) is 0 Å². The maximum atomic E-state index is 13.6. The van der Waals surface area contributed by atoms with Crippen molar-refractivity contribution in [1.82, 2.24) is 0 Å². The van der Waals surface area contributed by atoms with Crippen LogP contribution in [0.2, 0.25) is 10.0 Å². The van der Waals surface area contributed by atoms with E-state index in [0.717, 1.165) is 5.56 Å². The molecule has 0 unspecified atom stereocenters. The molecule has 2 aromatic carbocycles. The molecule has 6 heteroatoms. The Morgan fingerprint density at radius 2 is 1.80 bits per heavy atom. The Hall–Kier alpha value is -1.36. The average molecular weight is 329 g/mol. The lowest BCUT2D eigenvalue weighted by atomic mass is 10.2. The summed E-state index contributed by atoms with van der Waals surface area (Å²) < 4.78 is 13.6. The zero-order valence-corrected chi connectivity index (χ0v) is 12.8. The Bertz CT molecular complexity index is 662. The fourth-order valence-corrected chi connectivity index (χ4v) is 2.12. The molecule has 0 bridgehead atoms. The van der Waals surface area contributed by atoms with Gasteiger partial charge in [-0.25, -0.2) is 4.39 Å². The summed E-state index contributed by atoms with van der Waals surface area (Å²) >= 11 is 16.9. The second kappa shape index (κ2) is 6.39. The third-order valence-electron chi connectivity index (χ3n) is 2.55. The van der Waals surface area contributed by atoms with Crippen LogP contribution in [0.1, 0.15) is 5.56 Å². The summed E-state index contributed by atoms with van der Waals surface area (Å²) in [5.41, 5.74) is 1.93. The standard InChI is InChI=1S/C14H11Cl2FN2S/c1-8-2-5-12(17)13(6-8)19-14(20)18-9-3-4-10(15)11(16)7-9/h2-7H,1H3,(H2,18,19,20). The lowest BCUT2D eigenvalue weighted by Crippen LogP contribution is -2.19. The summed E-state index contributed by atoms with van der Waals surface area (Å²) in [6, 6.07) is 9.79. The van der Waals surface area contributed by atoms with Crippen molar-refractivity contribution < 1.29 is 4.39 Å². The zero-order valence-electron chi connectivity index (χ0n) is 10.5. The third kappa shape index (κ3) is 3.82. The van der Waals surface area contributed by atoms with E-state index in [-0.39, 0.29) is 10.9 Å². The van der Waals surface area contributed by atoms with Gasteiger partial charge in [-0.2, -0.15) is 0 Å². The van der Waals surface area contributed by atoms with Crippen molar-refractivity contribution >= 4 is 51.9 Å². The maximum Gasteiger partial charge on any atom is 0.175 e. The molecule has 104 valence electrons. The van der Waals surface area contributed by atoms with Crippen LogP contribution in [-0.4, -0.2) is 5.11 Å². The number of anilines is 2. The van der Waals surface area contributed by atoms with Crippen molar-refractivity contribution in [3.05, 3.63) is 57.8 Å². The minimum atomic E-state index is -0.367. The van der Waals surface area contributed by atoms with Gasteiger partial charge < -0.3 is 10.6 Å². The predicted molar refractivity (Wildman–Crippen MR) is 87.4 cm³/mol. The number of rotatable bonds is 2. The number of benzene rings is 2. The number of nitrogens with one attached hydrogen (secondary N) is 2. The van der Waals surface area contributed by atoms with E-state index in [1.165, 1.54) is 6.07 Å². The molecule has 0 aliphatic carbocycles. The van der Waals surface area contributed by atoms with E-state index >= 15 is 0 Å². The van der Waals surface area contributed by atoms with Crippen LogP contribution < -0.4 is 10.6 Å². The van der Waals surface area contributed by atoms with Gasteiger partial charge in [-0.1, -0.05) is 29.3 Å². The summed E-state index contributed by atoms with van der Waals surface area (Å²) in [5.74, 6) is -0.367. The molecule has 0 aliphatic rings. The summed E-state index contributed by atoms with van der Waals surface area (Å²) in [4.78, 5) is 0. The highest BCUT2D eigenvalue weighted by Crippen LogP contribution is 2.25. The van der Waals surface area contributed by atoms with Crippen LogP contribution in [0.4, 0.5) is 15.8 Å². The van der Waals surface area contributed by atoms with Gasteiger partial charge in [0, 0.05) is 5.69 Å². The van der Waals surface area contributed by atoms with Crippen molar-refractivity contribution in [2.75, 3.05) is 10.6 Å². The molecular weight excluding hydrogens is 318 g/mol. The molecule has 0 aromatic heterocycles. The zero-order chi connectivity index (χ0) is 14.7. The van der Waals surface area contributed by atoms with E-state index in [9.17, 15) is 4.39 Å². The molecule has 0 saturated heterocycles. The van der Waals surface area contributed by atoms with Gasteiger partial charge in [0.2, 0.25) is 0 Å². The second-order valence-corrected chi connectivity index (χ2v) is 5.41. The fourth-order valence-electron chi connectivity index (χ4n) is 1.59. The molecule has 0 amide bonds. The molecule has 0 saturated carbocycles. The molecule has 0 fully saturated rings. The number of thiocarbonyl (C=S) groups is 1. The summed E-state index contributed by atoms with van der Waals surface area (Å²) in [7, 11) is 0. The molecule has 0 atom stereocenters. The van der Waals surface area contributed by atoms with Crippen LogP contribution in [0, 0.1) is 12.7 Å². The minimum absolute atomic E-state index is 0.271. The number of hydrogen-bond donors (Lipinski definition) is 2. The quantitative estimate of drug-likeness (QED) is 0.736. The van der Waals surface area contributed by atoms with Gasteiger partial charge >= 0.3 is 0 Å². The first-order valence-corrected chi connectivity index (χ1v) is 6.91. The number of halogens is 3. The van der Waals surface area contributed by atoms with Crippen LogP contribution in [-0.2, 0) is 0 Å². The van der Waals surface area contributed by atoms with E-state index in [2.05, 4.69) is 10.6 Å². The Balaban J connectivity index is 2.09. The fraction of sp³-hybridized carbons (Fsp3) is 0.0714. The molecule has 0 radical (unpaired) electrons. The number of aryl methyl sites for hydroxylation is 1. The molecule has 0 aliphatic heterocycles. The Morgan fingerprint density at radius 3 is 2.50 bits per heavy atom. The minimum Gasteiger partial charge on any atom is -0.332 e. The monoisotopic (exact) mass is 328 g/mol. The predicted octanol–water partition coefficient (Wildman–Crippen LogP) is 5.25. The first kappa shape index (κ1) is 15.0. The highest BCUT2D eigenvalue weighted by molar-refractivity contribution is 7.80. The first-order chi connectivity index (χ1) is 9.45. The Morgan fingerprint density at radius 1 is 1.05 bits per heavy atom. The highest BCUT2D eigenvalue weighted by atomic mass is 35.5. The summed E-state index contributed by atoms with van der Waals surface area (Å²) in [5, 5.41) is 6.87. The van der Waals surface area contributed by atoms with Gasteiger partial charge in [0.05, 0.1) is 15.7 Å². The largest absolute Gasteiger partial charge is 0.332 e. The number of hydrogen-bond acceptors (Lipinski definition) is 1. The van der Waals surface area contributed by atoms with Crippen molar-refractivity contribution in [3.8, 4) is 0 Å². The van der Waals surface area contributed by atoms with E-state index < -0.39 is 0 Å². The van der Waals surface area contributed by atoms with Crippen molar-refractivity contribution in [2.45, 2.75) is 6.92 Å². The van der Waals surface area contributed by atoms with Gasteiger partial charge in [-0.05, 0) is 55.0 Å². The Labute approximate surface area is 131 Å². The second-order valence-electron chi connectivity index (χ2n) is 4.19. The van der Waals surface area contributed by atoms with Crippen molar-refractivity contribution in [2.24, 2.45) is 0 Å². The van der Waals surface area contributed by atoms with E-state index in [4.69, 9.17) is 35.4 Å². The normalized spacial score (nSPS) is 10.2. The molecular formula is C14H11Cl2FN2S. The topological polar surface area (TPSA) is 24.1 Å². The third-order valence-corrected chi connectivity index (χ3v) is 3.49. The van der Waals surface area contributed by atoms with Crippen molar-refractivity contribution in [1.29, 1.82) is 0 Å². The van der Waals surface area contributed by atoms with Gasteiger partial charge in [0.1, 0.15) is 5.82 Å². The molecule has 0 heterocycles. The van der Waals surface area contributed by atoms with Gasteiger partial charge in [-0.3, -0.25) is 0 Å². The van der Waals surface area contributed by atoms with Gasteiger partial charge in [0.25, 0.3) is 0 Å². The highest BCUT2D eigenvalue weighted by Gasteiger charge is 2.06. The van der Waals surface area contributed by atoms with Crippen LogP contribution >= 0.6 is 35.4 Å².